The fraction of sp³-hybridized carbons (Fsp3) is 0.0952. The maximum absolute atomic E-state index is 12.5. The second kappa shape index (κ2) is 6.49. The Morgan fingerprint density at radius 1 is 0.696 bits per heavy atom. The number of aryl methyl sites for hydroxylation is 1. The zero-order valence-corrected chi connectivity index (χ0v) is 13.2. The molecule has 2 heteroatoms. The lowest BCUT2D eigenvalue weighted by Gasteiger charge is -2.06. The third-order valence-electron chi connectivity index (χ3n) is 3.88. The van der Waals surface area contributed by atoms with Crippen LogP contribution in [0.2, 0.25) is 0 Å². The Morgan fingerprint density at radius 3 is 1.61 bits per heavy atom. The van der Waals surface area contributed by atoms with Gasteiger partial charge in [0.1, 0.15) is 5.75 Å². The monoisotopic (exact) mass is 302 g/mol. The molecule has 3 rings (SSSR count). The molecule has 0 unspecified atom stereocenters. The summed E-state index contributed by atoms with van der Waals surface area (Å²) in [5.74, 6) is 0.881. The molecule has 0 N–H and O–H groups in total. The van der Waals surface area contributed by atoms with E-state index in [9.17, 15) is 4.79 Å². The first-order valence-electron chi connectivity index (χ1n) is 7.53. The molecule has 0 aromatic heterocycles. The van der Waals surface area contributed by atoms with Crippen molar-refractivity contribution in [2.45, 2.75) is 6.92 Å². The molecule has 0 fully saturated rings. The highest BCUT2D eigenvalue weighted by atomic mass is 16.5. The molecule has 0 aliphatic carbocycles. The molecule has 2 nitrogen and oxygen atoms in total. The van der Waals surface area contributed by atoms with Crippen molar-refractivity contribution >= 4 is 5.78 Å². The minimum absolute atomic E-state index is 0.0475. The summed E-state index contributed by atoms with van der Waals surface area (Å²) in [6.07, 6.45) is 0. The van der Waals surface area contributed by atoms with Crippen molar-refractivity contribution in [3.05, 3.63) is 89.5 Å². The predicted octanol–water partition coefficient (Wildman–Crippen LogP) is 4.90. The zero-order valence-electron chi connectivity index (χ0n) is 13.2. The van der Waals surface area contributed by atoms with E-state index < -0.39 is 0 Å². The van der Waals surface area contributed by atoms with Crippen molar-refractivity contribution in [2.24, 2.45) is 0 Å². The molecule has 0 aliphatic heterocycles. The van der Waals surface area contributed by atoms with Crippen molar-refractivity contribution in [3.8, 4) is 16.9 Å². The van der Waals surface area contributed by atoms with Gasteiger partial charge in [-0.25, -0.2) is 0 Å². The van der Waals surface area contributed by atoms with Gasteiger partial charge in [-0.2, -0.15) is 0 Å². The van der Waals surface area contributed by atoms with Crippen molar-refractivity contribution in [2.75, 3.05) is 7.11 Å². The summed E-state index contributed by atoms with van der Waals surface area (Å²) in [6, 6.07) is 23.2. The number of carbonyl (C=O) groups excluding carboxylic acids is 1. The lowest BCUT2D eigenvalue weighted by atomic mass is 9.99. The van der Waals surface area contributed by atoms with Gasteiger partial charge in [0.05, 0.1) is 7.11 Å². The van der Waals surface area contributed by atoms with E-state index in [1.165, 1.54) is 0 Å². The average Bonchev–Trinajstić information content (AvgIpc) is 2.62. The molecule has 0 saturated carbocycles. The predicted molar refractivity (Wildman–Crippen MR) is 93.0 cm³/mol. The highest BCUT2D eigenvalue weighted by Crippen LogP contribution is 2.23. The molecule has 0 bridgehead atoms. The number of methoxy groups -OCH3 is 1. The third-order valence-corrected chi connectivity index (χ3v) is 3.88. The number of hydrogen-bond acceptors (Lipinski definition) is 2. The van der Waals surface area contributed by atoms with E-state index in [2.05, 4.69) is 0 Å². The summed E-state index contributed by atoms with van der Waals surface area (Å²) in [6.45, 7) is 2.01. The fourth-order valence-electron chi connectivity index (χ4n) is 2.47. The molecule has 0 radical (unpaired) electrons. The highest BCUT2D eigenvalue weighted by molar-refractivity contribution is 6.09. The van der Waals surface area contributed by atoms with E-state index in [1.54, 1.807) is 7.11 Å². The molecule has 3 aromatic rings. The molecule has 0 amide bonds. The average molecular weight is 302 g/mol. The van der Waals surface area contributed by atoms with E-state index in [-0.39, 0.29) is 5.78 Å². The lowest BCUT2D eigenvalue weighted by molar-refractivity contribution is 0.103. The minimum atomic E-state index is 0.0475. The standard InChI is InChI=1S/C21H18O2/c1-15-3-5-18(6-4-15)21(22)19-9-7-16(8-10-19)17-11-13-20(23-2)14-12-17/h3-14H,1-2H3. The quantitative estimate of drug-likeness (QED) is 0.641. The van der Waals surface area contributed by atoms with Crippen molar-refractivity contribution in [1.82, 2.24) is 0 Å². The van der Waals surface area contributed by atoms with Gasteiger partial charge in [0.25, 0.3) is 0 Å². The Kier molecular flexibility index (Phi) is 4.24. The van der Waals surface area contributed by atoms with Gasteiger partial charge in [0.15, 0.2) is 5.78 Å². The minimum Gasteiger partial charge on any atom is -0.497 e. The van der Waals surface area contributed by atoms with Gasteiger partial charge in [0, 0.05) is 11.1 Å². The van der Waals surface area contributed by atoms with Crippen LogP contribution in [0.4, 0.5) is 0 Å². The van der Waals surface area contributed by atoms with Crippen LogP contribution >= 0.6 is 0 Å². The molecule has 23 heavy (non-hydrogen) atoms. The van der Waals surface area contributed by atoms with Crippen LogP contribution in [-0.2, 0) is 0 Å². The lowest BCUT2D eigenvalue weighted by Crippen LogP contribution is -2.00. The summed E-state index contributed by atoms with van der Waals surface area (Å²) in [7, 11) is 1.65. The van der Waals surface area contributed by atoms with Crippen LogP contribution in [0, 0.1) is 6.92 Å². The second-order valence-electron chi connectivity index (χ2n) is 5.50. The van der Waals surface area contributed by atoms with E-state index in [1.807, 2.05) is 79.7 Å². The summed E-state index contributed by atoms with van der Waals surface area (Å²) in [5.41, 5.74) is 4.74. The number of benzene rings is 3. The maximum Gasteiger partial charge on any atom is 0.193 e. The Balaban J connectivity index is 1.83. The van der Waals surface area contributed by atoms with E-state index in [0.29, 0.717) is 11.1 Å². The first-order valence-corrected chi connectivity index (χ1v) is 7.53. The number of carbonyl (C=O) groups is 1. The number of hydrogen-bond donors (Lipinski definition) is 0. The van der Waals surface area contributed by atoms with Crippen molar-refractivity contribution in [1.29, 1.82) is 0 Å². The van der Waals surface area contributed by atoms with E-state index in [4.69, 9.17) is 4.74 Å². The summed E-state index contributed by atoms with van der Waals surface area (Å²) in [4.78, 5) is 12.5. The normalized spacial score (nSPS) is 10.3. The van der Waals surface area contributed by atoms with Gasteiger partial charge in [-0.1, -0.05) is 66.2 Å². The molecule has 0 aliphatic rings. The first kappa shape index (κ1) is 15.0. The van der Waals surface area contributed by atoms with Crippen LogP contribution in [0.25, 0.3) is 11.1 Å². The Labute approximate surface area is 136 Å². The van der Waals surface area contributed by atoms with Gasteiger partial charge >= 0.3 is 0 Å². The van der Waals surface area contributed by atoms with E-state index >= 15 is 0 Å². The smallest absolute Gasteiger partial charge is 0.193 e. The molecule has 0 spiro atoms. The largest absolute Gasteiger partial charge is 0.497 e. The number of rotatable bonds is 4. The summed E-state index contributed by atoms with van der Waals surface area (Å²) >= 11 is 0. The van der Waals surface area contributed by atoms with Crippen LogP contribution < -0.4 is 4.74 Å². The molecular weight excluding hydrogens is 284 g/mol. The highest BCUT2D eigenvalue weighted by Gasteiger charge is 2.09. The molecular formula is C21H18O2. The molecule has 0 saturated heterocycles. The van der Waals surface area contributed by atoms with Crippen molar-refractivity contribution < 1.29 is 9.53 Å². The van der Waals surface area contributed by atoms with E-state index in [0.717, 1.165) is 22.4 Å². The van der Waals surface area contributed by atoms with Crippen LogP contribution in [0.5, 0.6) is 5.75 Å². The second-order valence-corrected chi connectivity index (χ2v) is 5.50. The number of ether oxygens (including phenoxy) is 1. The fourth-order valence-corrected chi connectivity index (χ4v) is 2.47. The van der Waals surface area contributed by atoms with Gasteiger partial charge in [-0.05, 0) is 30.2 Å². The molecule has 3 aromatic carbocycles. The Hall–Kier alpha value is -2.87. The molecule has 0 atom stereocenters. The third kappa shape index (κ3) is 3.32. The Bertz CT molecular complexity index is 798. The van der Waals surface area contributed by atoms with Gasteiger partial charge in [-0.3, -0.25) is 4.79 Å². The summed E-state index contributed by atoms with van der Waals surface area (Å²) in [5, 5.41) is 0. The van der Waals surface area contributed by atoms with Crippen LogP contribution in [0.15, 0.2) is 72.8 Å². The van der Waals surface area contributed by atoms with Crippen LogP contribution in [0.1, 0.15) is 21.5 Å². The van der Waals surface area contributed by atoms with Crippen LogP contribution in [0.3, 0.4) is 0 Å². The molecule has 114 valence electrons. The van der Waals surface area contributed by atoms with Crippen molar-refractivity contribution in [3.63, 3.8) is 0 Å². The SMILES string of the molecule is COc1ccc(-c2ccc(C(=O)c3ccc(C)cc3)cc2)cc1. The van der Waals surface area contributed by atoms with Gasteiger partial charge < -0.3 is 4.74 Å². The van der Waals surface area contributed by atoms with Gasteiger partial charge in [0.2, 0.25) is 0 Å². The zero-order chi connectivity index (χ0) is 16.2. The first-order chi connectivity index (χ1) is 11.2. The maximum atomic E-state index is 12.5. The number of ketones is 1. The van der Waals surface area contributed by atoms with Crippen LogP contribution in [-0.4, -0.2) is 12.9 Å². The topological polar surface area (TPSA) is 26.3 Å². The Morgan fingerprint density at radius 2 is 1.13 bits per heavy atom. The van der Waals surface area contributed by atoms with Gasteiger partial charge in [-0.15, -0.1) is 0 Å². The molecule has 0 heterocycles. The summed E-state index contributed by atoms with van der Waals surface area (Å²) < 4.78 is 5.17.